The van der Waals surface area contributed by atoms with Crippen LogP contribution in [0.5, 0.6) is 0 Å². The third-order valence-corrected chi connectivity index (χ3v) is 3.44. The summed E-state index contributed by atoms with van der Waals surface area (Å²) >= 11 is 9.55. The first-order valence-electron chi connectivity index (χ1n) is 5.54. The van der Waals surface area contributed by atoms with Crippen LogP contribution in [-0.2, 0) is 4.74 Å². The molecule has 0 fully saturated rings. The van der Waals surface area contributed by atoms with Crippen LogP contribution in [0.4, 0.5) is 0 Å². The fraction of sp³-hybridized carbons (Fsp3) is 0.143. The maximum Gasteiger partial charge on any atom is 0.338 e. The molecular formula is C14H11BrClNO2. The van der Waals surface area contributed by atoms with E-state index in [0.29, 0.717) is 22.0 Å². The number of benzene rings is 1. The van der Waals surface area contributed by atoms with Gasteiger partial charge >= 0.3 is 5.97 Å². The van der Waals surface area contributed by atoms with E-state index in [9.17, 15) is 4.79 Å². The zero-order valence-electron chi connectivity index (χ0n) is 10.4. The summed E-state index contributed by atoms with van der Waals surface area (Å²) in [6, 6.07) is 9.18. The molecule has 0 aliphatic heterocycles. The Morgan fingerprint density at radius 2 is 1.95 bits per heavy atom. The van der Waals surface area contributed by atoms with Crippen LogP contribution in [0.3, 0.4) is 0 Å². The second kappa shape index (κ2) is 5.72. The third-order valence-electron chi connectivity index (χ3n) is 2.64. The van der Waals surface area contributed by atoms with Gasteiger partial charge in [0.2, 0.25) is 0 Å². The molecule has 0 unspecified atom stereocenters. The van der Waals surface area contributed by atoms with Gasteiger partial charge < -0.3 is 4.74 Å². The molecule has 2 aromatic rings. The summed E-state index contributed by atoms with van der Waals surface area (Å²) in [4.78, 5) is 16.1. The Bertz CT molecular complexity index is 626. The second-order valence-corrected chi connectivity index (χ2v) is 5.25. The number of carbonyl (C=O) groups is 1. The molecule has 98 valence electrons. The van der Waals surface area contributed by atoms with Gasteiger partial charge in [0.05, 0.1) is 12.7 Å². The van der Waals surface area contributed by atoms with Crippen LogP contribution in [0, 0.1) is 6.92 Å². The Morgan fingerprint density at radius 1 is 1.32 bits per heavy atom. The molecule has 0 amide bonds. The van der Waals surface area contributed by atoms with Crippen molar-refractivity contribution in [3.8, 4) is 11.1 Å². The highest BCUT2D eigenvalue weighted by atomic mass is 79.9. The van der Waals surface area contributed by atoms with Gasteiger partial charge in [-0.15, -0.1) is 0 Å². The first kappa shape index (κ1) is 14.0. The number of aryl methyl sites for hydroxylation is 1. The summed E-state index contributed by atoms with van der Waals surface area (Å²) in [5, 5.41) is 0.294. The predicted octanol–water partition coefficient (Wildman–Crippen LogP) is 4.26. The van der Waals surface area contributed by atoms with Gasteiger partial charge in [0, 0.05) is 15.7 Å². The number of rotatable bonds is 2. The van der Waals surface area contributed by atoms with Crippen molar-refractivity contribution in [2.75, 3.05) is 7.11 Å². The molecule has 1 heterocycles. The van der Waals surface area contributed by atoms with Crippen molar-refractivity contribution in [3.05, 3.63) is 51.2 Å². The molecule has 2 rings (SSSR count). The van der Waals surface area contributed by atoms with E-state index >= 15 is 0 Å². The number of halogens is 2. The van der Waals surface area contributed by atoms with Crippen molar-refractivity contribution < 1.29 is 9.53 Å². The van der Waals surface area contributed by atoms with Gasteiger partial charge in [0.1, 0.15) is 5.15 Å². The van der Waals surface area contributed by atoms with Crippen molar-refractivity contribution >= 4 is 33.5 Å². The Kier molecular flexibility index (Phi) is 4.22. The van der Waals surface area contributed by atoms with Crippen LogP contribution >= 0.6 is 27.5 Å². The molecule has 0 radical (unpaired) electrons. The van der Waals surface area contributed by atoms with E-state index in [2.05, 4.69) is 20.9 Å². The highest BCUT2D eigenvalue weighted by Crippen LogP contribution is 2.32. The van der Waals surface area contributed by atoms with Crippen LogP contribution in [0.1, 0.15) is 16.1 Å². The van der Waals surface area contributed by atoms with E-state index in [4.69, 9.17) is 16.3 Å². The Morgan fingerprint density at radius 3 is 2.53 bits per heavy atom. The SMILES string of the molecule is COC(=O)c1cc(C)nc(Cl)c1-c1ccc(Br)cc1. The van der Waals surface area contributed by atoms with Crippen LogP contribution in [0.2, 0.25) is 5.15 Å². The predicted molar refractivity (Wildman–Crippen MR) is 78.5 cm³/mol. The van der Waals surface area contributed by atoms with E-state index in [-0.39, 0.29) is 0 Å². The van der Waals surface area contributed by atoms with Crippen molar-refractivity contribution in [2.24, 2.45) is 0 Å². The highest BCUT2D eigenvalue weighted by Gasteiger charge is 2.18. The largest absolute Gasteiger partial charge is 0.465 e. The number of nitrogens with zero attached hydrogens (tertiary/aromatic N) is 1. The van der Waals surface area contributed by atoms with E-state index < -0.39 is 5.97 Å². The quantitative estimate of drug-likeness (QED) is 0.606. The second-order valence-electron chi connectivity index (χ2n) is 3.98. The van der Waals surface area contributed by atoms with Gasteiger partial charge in [-0.2, -0.15) is 0 Å². The summed E-state index contributed by atoms with van der Waals surface area (Å²) in [6.45, 7) is 1.78. The highest BCUT2D eigenvalue weighted by molar-refractivity contribution is 9.10. The summed E-state index contributed by atoms with van der Waals surface area (Å²) < 4.78 is 5.75. The lowest BCUT2D eigenvalue weighted by molar-refractivity contribution is 0.0601. The number of pyridine rings is 1. The van der Waals surface area contributed by atoms with E-state index in [0.717, 1.165) is 10.0 Å². The van der Waals surface area contributed by atoms with E-state index in [1.54, 1.807) is 13.0 Å². The molecule has 19 heavy (non-hydrogen) atoms. The minimum atomic E-state index is -0.426. The van der Waals surface area contributed by atoms with Crippen LogP contribution in [0.25, 0.3) is 11.1 Å². The molecule has 0 N–H and O–H groups in total. The molecule has 1 aromatic heterocycles. The van der Waals surface area contributed by atoms with Gasteiger partial charge in [-0.1, -0.05) is 39.7 Å². The zero-order chi connectivity index (χ0) is 14.0. The molecule has 0 bridgehead atoms. The average molecular weight is 341 g/mol. The van der Waals surface area contributed by atoms with Gasteiger partial charge in [-0.05, 0) is 30.7 Å². The topological polar surface area (TPSA) is 39.2 Å². The summed E-state index contributed by atoms with van der Waals surface area (Å²) in [6.07, 6.45) is 0. The molecule has 0 atom stereocenters. The monoisotopic (exact) mass is 339 g/mol. The van der Waals surface area contributed by atoms with Gasteiger partial charge in [-0.3, -0.25) is 0 Å². The minimum absolute atomic E-state index is 0.294. The van der Waals surface area contributed by atoms with Crippen molar-refractivity contribution in [3.63, 3.8) is 0 Å². The first-order valence-corrected chi connectivity index (χ1v) is 6.71. The molecule has 0 saturated carbocycles. The molecule has 0 saturated heterocycles. The number of carbonyl (C=O) groups excluding carboxylic acids is 1. The van der Waals surface area contributed by atoms with E-state index in [1.807, 2.05) is 24.3 Å². The fourth-order valence-corrected chi connectivity index (χ4v) is 2.41. The number of hydrogen-bond acceptors (Lipinski definition) is 3. The van der Waals surface area contributed by atoms with Gasteiger partial charge in [-0.25, -0.2) is 9.78 Å². The Balaban J connectivity index is 2.67. The number of esters is 1. The van der Waals surface area contributed by atoms with Gasteiger partial charge in [0.25, 0.3) is 0 Å². The summed E-state index contributed by atoms with van der Waals surface area (Å²) in [7, 11) is 1.34. The molecule has 3 nitrogen and oxygen atoms in total. The van der Waals surface area contributed by atoms with Gasteiger partial charge in [0.15, 0.2) is 0 Å². The van der Waals surface area contributed by atoms with Crippen LogP contribution in [-0.4, -0.2) is 18.1 Å². The van der Waals surface area contributed by atoms with Crippen LogP contribution in [0.15, 0.2) is 34.8 Å². The Hall–Kier alpha value is -1.39. The standard InChI is InChI=1S/C14H11BrClNO2/c1-8-7-11(14(18)19-2)12(13(16)17-8)9-3-5-10(15)6-4-9/h3-7H,1-2H3. The fourth-order valence-electron chi connectivity index (χ4n) is 1.80. The Labute approximate surface area is 124 Å². The van der Waals surface area contributed by atoms with Crippen molar-refractivity contribution in [2.45, 2.75) is 6.92 Å². The molecule has 0 spiro atoms. The minimum Gasteiger partial charge on any atom is -0.465 e. The summed E-state index contributed by atoms with van der Waals surface area (Å²) in [5.74, 6) is -0.426. The van der Waals surface area contributed by atoms with Crippen LogP contribution < -0.4 is 0 Å². The van der Waals surface area contributed by atoms with E-state index in [1.165, 1.54) is 7.11 Å². The normalized spacial score (nSPS) is 10.3. The molecule has 1 aromatic carbocycles. The molecule has 5 heteroatoms. The summed E-state index contributed by atoms with van der Waals surface area (Å²) in [5.41, 5.74) is 2.50. The van der Waals surface area contributed by atoms with Crippen molar-refractivity contribution in [1.29, 1.82) is 0 Å². The first-order chi connectivity index (χ1) is 9.02. The molecule has 0 aliphatic carbocycles. The molecule has 0 aliphatic rings. The molecular weight excluding hydrogens is 330 g/mol. The average Bonchev–Trinajstić information content (AvgIpc) is 2.38. The number of methoxy groups -OCH3 is 1. The lowest BCUT2D eigenvalue weighted by atomic mass is 10.0. The smallest absolute Gasteiger partial charge is 0.338 e. The lowest BCUT2D eigenvalue weighted by Gasteiger charge is -2.11. The maximum absolute atomic E-state index is 11.9. The number of ether oxygens (including phenoxy) is 1. The van der Waals surface area contributed by atoms with Crippen molar-refractivity contribution in [1.82, 2.24) is 4.98 Å². The lowest BCUT2D eigenvalue weighted by Crippen LogP contribution is -2.06. The number of aromatic nitrogens is 1. The maximum atomic E-state index is 11.9. The zero-order valence-corrected chi connectivity index (χ0v) is 12.7. The third kappa shape index (κ3) is 2.96. The number of hydrogen-bond donors (Lipinski definition) is 0.